The Kier molecular flexibility index (Phi) is 4.81. The molecule has 1 aromatic heterocycles. The summed E-state index contributed by atoms with van der Waals surface area (Å²) in [5.74, 6) is 0.620. The van der Waals surface area contributed by atoms with Crippen LogP contribution in [0.3, 0.4) is 0 Å². The average Bonchev–Trinajstić information content (AvgIpc) is 2.61. The first-order valence-corrected chi connectivity index (χ1v) is 7.58. The Bertz CT molecular complexity index is 488. The van der Waals surface area contributed by atoms with Gasteiger partial charge in [-0.05, 0) is 49.7 Å². The molecule has 3 heteroatoms. The molecule has 0 spiro atoms. The van der Waals surface area contributed by atoms with Crippen molar-refractivity contribution in [3.05, 3.63) is 33.2 Å². The number of aryl methyl sites for hydroxylation is 1. The van der Waals surface area contributed by atoms with Crippen molar-refractivity contribution in [1.29, 1.82) is 0 Å². The van der Waals surface area contributed by atoms with Gasteiger partial charge in [0.05, 0.1) is 0 Å². The van der Waals surface area contributed by atoms with Crippen molar-refractivity contribution in [2.24, 2.45) is 11.7 Å². The Hall–Kier alpha value is -1.09. The number of fused-ring (bicyclic) bond motifs is 1. The molecule has 0 radical (unpaired) electrons. The average molecular weight is 262 g/mol. The first-order valence-electron chi connectivity index (χ1n) is 7.58. The fraction of sp³-hybridized carbons (Fsp3) is 0.688. The van der Waals surface area contributed by atoms with Gasteiger partial charge in [-0.1, -0.05) is 20.3 Å². The van der Waals surface area contributed by atoms with Crippen LogP contribution in [0.5, 0.6) is 0 Å². The van der Waals surface area contributed by atoms with Gasteiger partial charge >= 0.3 is 0 Å². The summed E-state index contributed by atoms with van der Waals surface area (Å²) in [6.07, 6.45) is 6.92. The standard InChI is InChI=1S/C16H26N2O/c1-12(2)8-9-18-15-7-5-3-4-6-13(15)10-14(11-17)16(18)19/h10,12H,3-9,11,17H2,1-2H3. The first kappa shape index (κ1) is 14.3. The van der Waals surface area contributed by atoms with E-state index in [1.807, 2.05) is 4.57 Å². The molecule has 19 heavy (non-hydrogen) atoms. The van der Waals surface area contributed by atoms with Gasteiger partial charge in [0.2, 0.25) is 0 Å². The summed E-state index contributed by atoms with van der Waals surface area (Å²) in [6.45, 7) is 5.60. The van der Waals surface area contributed by atoms with Gasteiger partial charge in [-0.15, -0.1) is 0 Å². The van der Waals surface area contributed by atoms with Crippen LogP contribution < -0.4 is 11.3 Å². The predicted octanol–water partition coefficient (Wildman–Crippen LogP) is 2.62. The third-order valence-electron chi connectivity index (χ3n) is 4.07. The minimum absolute atomic E-state index is 0.142. The number of hydrogen-bond donors (Lipinski definition) is 1. The predicted molar refractivity (Wildman–Crippen MR) is 79.3 cm³/mol. The van der Waals surface area contributed by atoms with Crippen LogP contribution in [0.2, 0.25) is 0 Å². The van der Waals surface area contributed by atoms with Crippen molar-refractivity contribution in [2.45, 2.75) is 65.5 Å². The summed E-state index contributed by atoms with van der Waals surface area (Å²) in [6, 6.07) is 2.06. The molecular weight excluding hydrogens is 236 g/mol. The maximum atomic E-state index is 12.5. The molecule has 106 valence electrons. The molecule has 2 rings (SSSR count). The topological polar surface area (TPSA) is 48.0 Å². The highest BCUT2D eigenvalue weighted by atomic mass is 16.1. The van der Waals surface area contributed by atoms with E-state index in [0.29, 0.717) is 12.5 Å². The van der Waals surface area contributed by atoms with E-state index in [9.17, 15) is 4.79 Å². The molecule has 0 atom stereocenters. The van der Waals surface area contributed by atoms with Gasteiger partial charge in [0.25, 0.3) is 5.56 Å². The van der Waals surface area contributed by atoms with E-state index in [1.165, 1.54) is 30.5 Å². The third kappa shape index (κ3) is 3.27. The number of rotatable bonds is 4. The highest BCUT2D eigenvalue weighted by Gasteiger charge is 2.16. The quantitative estimate of drug-likeness (QED) is 0.848. The monoisotopic (exact) mass is 262 g/mol. The maximum Gasteiger partial charge on any atom is 0.255 e. The fourth-order valence-electron chi connectivity index (χ4n) is 2.89. The molecule has 3 nitrogen and oxygen atoms in total. The van der Waals surface area contributed by atoms with E-state index in [1.54, 1.807) is 0 Å². The zero-order chi connectivity index (χ0) is 13.8. The number of hydrogen-bond acceptors (Lipinski definition) is 2. The van der Waals surface area contributed by atoms with Crippen molar-refractivity contribution in [3.63, 3.8) is 0 Å². The Labute approximate surface area is 115 Å². The van der Waals surface area contributed by atoms with Crippen molar-refractivity contribution >= 4 is 0 Å². The highest BCUT2D eigenvalue weighted by molar-refractivity contribution is 5.28. The van der Waals surface area contributed by atoms with Gasteiger partial charge in [-0.3, -0.25) is 4.79 Å². The van der Waals surface area contributed by atoms with Gasteiger partial charge in [-0.2, -0.15) is 0 Å². The largest absolute Gasteiger partial charge is 0.326 e. The minimum Gasteiger partial charge on any atom is -0.326 e. The van der Waals surface area contributed by atoms with Crippen molar-refractivity contribution in [2.75, 3.05) is 0 Å². The van der Waals surface area contributed by atoms with Crippen LogP contribution in [0, 0.1) is 5.92 Å². The lowest BCUT2D eigenvalue weighted by Gasteiger charge is -2.18. The molecule has 0 aromatic carbocycles. The smallest absolute Gasteiger partial charge is 0.255 e. The SMILES string of the molecule is CC(C)CCn1c2c(cc(CN)c1=O)CCCCC2. The number of aromatic nitrogens is 1. The van der Waals surface area contributed by atoms with Crippen LogP contribution >= 0.6 is 0 Å². The van der Waals surface area contributed by atoms with E-state index in [-0.39, 0.29) is 5.56 Å². The lowest BCUT2D eigenvalue weighted by Crippen LogP contribution is -2.29. The summed E-state index contributed by atoms with van der Waals surface area (Å²) >= 11 is 0. The van der Waals surface area contributed by atoms with E-state index < -0.39 is 0 Å². The lowest BCUT2D eigenvalue weighted by atomic mass is 10.0. The summed E-state index contributed by atoms with van der Waals surface area (Å²) in [5.41, 5.74) is 9.30. The van der Waals surface area contributed by atoms with Gasteiger partial charge < -0.3 is 10.3 Å². The molecule has 0 fully saturated rings. The molecule has 1 aromatic rings. The second-order valence-corrected chi connectivity index (χ2v) is 6.05. The van der Waals surface area contributed by atoms with Crippen molar-refractivity contribution in [1.82, 2.24) is 4.57 Å². The summed E-state index contributed by atoms with van der Waals surface area (Å²) < 4.78 is 2.02. The van der Waals surface area contributed by atoms with E-state index in [2.05, 4.69) is 19.9 Å². The molecule has 1 aliphatic carbocycles. The molecule has 0 unspecified atom stereocenters. The van der Waals surface area contributed by atoms with Crippen LogP contribution in [0.4, 0.5) is 0 Å². The number of nitrogens with zero attached hydrogens (tertiary/aromatic N) is 1. The maximum absolute atomic E-state index is 12.5. The van der Waals surface area contributed by atoms with E-state index >= 15 is 0 Å². The van der Waals surface area contributed by atoms with Crippen molar-refractivity contribution < 1.29 is 0 Å². The molecular formula is C16H26N2O. The number of nitrogens with two attached hydrogens (primary N) is 1. The van der Waals surface area contributed by atoms with Crippen LogP contribution in [-0.2, 0) is 25.9 Å². The second-order valence-electron chi connectivity index (χ2n) is 6.05. The molecule has 1 aliphatic rings. The Morgan fingerprint density at radius 1 is 1.26 bits per heavy atom. The Balaban J connectivity index is 2.44. The molecule has 0 bridgehead atoms. The van der Waals surface area contributed by atoms with Crippen LogP contribution in [0.1, 0.15) is 56.4 Å². The molecule has 2 N–H and O–H groups in total. The lowest BCUT2D eigenvalue weighted by molar-refractivity contribution is 0.492. The van der Waals surface area contributed by atoms with Crippen molar-refractivity contribution in [3.8, 4) is 0 Å². The van der Waals surface area contributed by atoms with E-state index in [0.717, 1.165) is 31.4 Å². The van der Waals surface area contributed by atoms with Crippen LogP contribution in [0.15, 0.2) is 10.9 Å². The van der Waals surface area contributed by atoms with Crippen LogP contribution in [-0.4, -0.2) is 4.57 Å². The second kappa shape index (κ2) is 6.38. The van der Waals surface area contributed by atoms with Gasteiger partial charge in [0.15, 0.2) is 0 Å². The molecule has 0 saturated heterocycles. The minimum atomic E-state index is 0.142. The molecule has 0 amide bonds. The fourth-order valence-corrected chi connectivity index (χ4v) is 2.89. The van der Waals surface area contributed by atoms with Gasteiger partial charge in [-0.25, -0.2) is 0 Å². The zero-order valence-corrected chi connectivity index (χ0v) is 12.2. The Morgan fingerprint density at radius 3 is 2.68 bits per heavy atom. The molecule has 0 aliphatic heterocycles. The number of pyridine rings is 1. The summed E-state index contributed by atoms with van der Waals surface area (Å²) in [4.78, 5) is 12.5. The van der Waals surface area contributed by atoms with Gasteiger partial charge in [0, 0.05) is 24.3 Å². The summed E-state index contributed by atoms with van der Waals surface area (Å²) in [5, 5.41) is 0. The summed E-state index contributed by atoms with van der Waals surface area (Å²) in [7, 11) is 0. The Morgan fingerprint density at radius 2 is 2.00 bits per heavy atom. The zero-order valence-electron chi connectivity index (χ0n) is 12.2. The van der Waals surface area contributed by atoms with E-state index in [4.69, 9.17) is 5.73 Å². The molecule has 1 heterocycles. The van der Waals surface area contributed by atoms with Crippen LogP contribution in [0.25, 0.3) is 0 Å². The highest BCUT2D eigenvalue weighted by Crippen LogP contribution is 2.21. The molecule has 0 saturated carbocycles. The third-order valence-corrected chi connectivity index (χ3v) is 4.07. The van der Waals surface area contributed by atoms with Gasteiger partial charge in [0.1, 0.15) is 0 Å². The normalized spacial score (nSPS) is 15.4. The first-order chi connectivity index (χ1) is 9.13.